The topological polar surface area (TPSA) is 0 Å². The van der Waals surface area contributed by atoms with Crippen molar-refractivity contribution in [3.05, 3.63) is 32.4 Å². The predicted octanol–water partition coefficient (Wildman–Crippen LogP) is 5.22. The van der Waals surface area contributed by atoms with Gasteiger partial charge in [-0.3, -0.25) is 0 Å². The van der Waals surface area contributed by atoms with E-state index in [0.29, 0.717) is 12.1 Å². The van der Waals surface area contributed by atoms with Gasteiger partial charge in [-0.05, 0) is 40.3 Å². The Morgan fingerprint density at radius 2 is 1.35 bits per heavy atom. The van der Waals surface area contributed by atoms with Gasteiger partial charge < -0.3 is 0 Å². The van der Waals surface area contributed by atoms with Crippen molar-refractivity contribution in [2.45, 2.75) is 17.7 Å². The van der Waals surface area contributed by atoms with Gasteiger partial charge in [-0.1, -0.05) is 15.9 Å². The van der Waals surface area contributed by atoms with Crippen LogP contribution in [0.3, 0.4) is 0 Å². The molecule has 1 aromatic carbocycles. The van der Waals surface area contributed by atoms with E-state index in [0.717, 1.165) is 0 Å². The lowest BCUT2D eigenvalue weighted by atomic mass is 10.0. The molecule has 0 saturated heterocycles. The zero-order valence-electron chi connectivity index (χ0n) is 7.89. The Morgan fingerprint density at radius 1 is 0.941 bits per heavy atom. The molecule has 0 aliphatic carbocycles. The molecule has 0 radical (unpaired) electrons. The molecule has 0 saturated carbocycles. The summed E-state index contributed by atoms with van der Waals surface area (Å²) in [5.41, 5.74) is -2.50. The maximum Gasteiger partial charge on any atom is 0.417 e. The van der Waals surface area contributed by atoms with Crippen molar-refractivity contribution in [2.24, 2.45) is 0 Å². The van der Waals surface area contributed by atoms with Crippen LogP contribution in [0, 0.1) is 3.57 Å². The molecule has 0 nitrogen and oxygen atoms in total. The van der Waals surface area contributed by atoms with E-state index in [4.69, 9.17) is 0 Å². The van der Waals surface area contributed by atoms with Crippen LogP contribution in [-0.2, 0) is 17.7 Å². The third kappa shape index (κ3) is 3.27. The molecule has 1 rings (SSSR count). The highest BCUT2D eigenvalue weighted by atomic mass is 127. The molecule has 0 atom stereocenters. The zero-order chi connectivity index (χ0) is 13.4. The smallest absolute Gasteiger partial charge is 0.166 e. The number of rotatable bonds is 1. The van der Waals surface area contributed by atoms with Crippen molar-refractivity contribution in [1.82, 2.24) is 0 Å². The maximum atomic E-state index is 12.5. The number of hydrogen-bond acceptors (Lipinski definition) is 0. The summed E-state index contributed by atoms with van der Waals surface area (Å²) in [6, 6.07) is 0.915. The Kier molecular flexibility index (Phi) is 4.38. The fourth-order valence-electron chi connectivity index (χ4n) is 1.24. The van der Waals surface area contributed by atoms with Crippen LogP contribution in [0.5, 0.6) is 0 Å². The lowest BCUT2D eigenvalue weighted by molar-refractivity contribution is -0.142. The highest BCUT2D eigenvalue weighted by Crippen LogP contribution is 2.40. The van der Waals surface area contributed by atoms with Gasteiger partial charge in [-0.15, -0.1) is 0 Å². The molecule has 96 valence electrons. The standard InChI is InChI=1S/C9H4BrF6I/c10-3-4-5(8(11,12)13)1-2-6(7(4)17)9(14,15)16/h1-2H,3H2. The third-order valence-corrected chi connectivity index (χ3v) is 3.78. The Labute approximate surface area is 115 Å². The Balaban J connectivity index is 3.49. The van der Waals surface area contributed by atoms with Crippen LogP contribution in [0.15, 0.2) is 12.1 Å². The van der Waals surface area contributed by atoms with E-state index in [1.807, 2.05) is 0 Å². The first-order chi connectivity index (χ1) is 7.59. The molecule has 0 N–H and O–H groups in total. The molecule has 0 spiro atoms. The average molecular weight is 433 g/mol. The summed E-state index contributed by atoms with van der Waals surface area (Å²) in [6.07, 6.45) is -9.31. The van der Waals surface area contributed by atoms with Gasteiger partial charge in [0.15, 0.2) is 0 Å². The second-order valence-corrected chi connectivity index (χ2v) is 4.72. The van der Waals surface area contributed by atoms with Gasteiger partial charge in [0.1, 0.15) is 0 Å². The third-order valence-electron chi connectivity index (χ3n) is 1.99. The van der Waals surface area contributed by atoms with Crippen molar-refractivity contribution in [2.75, 3.05) is 0 Å². The van der Waals surface area contributed by atoms with Gasteiger partial charge in [-0.25, -0.2) is 0 Å². The number of halogens is 8. The van der Waals surface area contributed by atoms with E-state index in [1.54, 1.807) is 0 Å². The highest BCUT2D eigenvalue weighted by molar-refractivity contribution is 14.1. The minimum Gasteiger partial charge on any atom is -0.166 e. The van der Waals surface area contributed by atoms with Crippen molar-refractivity contribution >= 4 is 38.5 Å². The Morgan fingerprint density at radius 3 is 1.71 bits per heavy atom. The highest BCUT2D eigenvalue weighted by Gasteiger charge is 2.39. The summed E-state index contributed by atoms with van der Waals surface area (Å²) in [5, 5.41) is -0.288. The molecule has 0 fully saturated rings. The molecule has 0 unspecified atom stereocenters. The maximum absolute atomic E-state index is 12.5. The average Bonchev–Trinajstić information content (AvgIpc) is 2.13. The predicted molar refractivity (Wildman–Crippen MR) is 61.8 cm³/mol. The first-order valence-electron chi connectivity index (χ1n) is 4.10. The van der Waals surface area contributed by atoms with Crippen LogP contribution in [0.2, 0.25) is 0 Å². The molecule has 17 heavy (non-hydrogen) atoms. The van der Waals surface area contributed by atoms with Crippen molar-refractivity contribution in [3.8, 4) is 0 Å². The second kappa shape index (κ2) is 4.94. The van der Waals surface area contributed by atoms with Gasteiger partial charge in [0.25, 0.3) is 0 Å². The lowest BCUT2D eigenvalue weighted by Gasteiger charge is -2.17. The van der Waals surface area contributed by atoms with E-state index in [-0.39, 0.29) is 5.33 Å². The van der Waals surface area contributed by atoms with Gasteiger partial charge in [0, 0.05) is 8.90 Å². The quantitative estimate of drug-likeness (QED) is 0.324. The fourth-order valence-corrected chi connectivity index (χ4v) is 3.31. The summed E-state index contributed by atoms with van der Waals surface area (Å²) in [7, 11) is 0. The van der Waals surface area contributed by atoms with Gasteiger partial charge in [0.2, 0.25) is 0 Å². The van der Waals surface area contributed by atoms with Crippen LogP contribution in [0.4, 0.5) is 26.3 Å². The van der Waals surface area contributed by atoms with Crippen LogP contribution in [0.25, 0.3) is 0 Å². The minimum absolute atomic E-state index is 0.288. The van der Waals surface area contributed by atoms with Crippen LogP contribution < -0.4 is 0 Å². The second-order valence-electron chi connectivity index (χ2n) is 3.08. The number of hydrogen-bond donors (Lipinski definition) is 0. The summed E-state index contributed by atoms with van der Waals surface area (Å²) >= 11 is 4.06. The summed E-state index contributed by atoms with van der Waals surface area (Å²) in [6.45, 7) is 0. The van der Waals surface area contributed by atoms with Gasteiger partial charge in [-0.2, -0.15) is 26.3 Å². The monoisotopic (exact) mass is 432 g/mol. The fraction of sp³-hybridized carbons (Fsp3) is 0.333. The largest absolute Gasteiger partial charge is 0.417 e. The molecule has 0 heterocycles. The van der Waals surface area contributed by atoms with E-state index < -0.39 is 32.6 Å². The summed E-state index contributed by atoms with van der Waals surface area (Å²) < 4.78 is 74.7. The molecular weight excluding hydrogens is 429 g/mol. The van der Waals surface area contributed by atoms with E-state index >= 15 is 0 Å². The van der Waals surface area contributed by atoms with Crippen LogP contribution in [-0.4, -0.2) is 0 Å². The van der Waals surface area contributed by atoms with Crippen LogP contribution in [0.1, 0.15) is 16.7 Å². The molecule has 0 aliphatic rings. The Hall–Kier alpha value is 0.01000. The number of alkyl halides is 7. The molecule has 0 bridgehead atoms. The van der Waals surface area contributed by atoms with Crippen molar-refractivity contribution in [1.29, 1.82) is 0 Å². The van der Waals surface area contributed by atoms with E-state index in [9.17, 15) is 26.3 Å². The van der Waals surface area contributed by atoms with Crippen molar-refractivity contribution in [3.63, 3.8) is 0 Å². The normalized spacial score (nSPS) is 12.9. The number of benzene rings is 1. The molecule has 0 amide bonds. The van der Waals surface area contributed by atoms with Crippen LogP contribution >= 0.6 is 38.5 Å². The Bertz CT molecular complexity index is 423. The zero-order valence-corrected chi connectivity index (χ0v) is 11.6. The summed E-state index contributed by atoms with van der Waals surface area (Å²) in [5.74, 6) is 0. The SMILES string of the molecule is FC(F)(F)c1ccc(C(F)(F)F)c(CBr)c1I. The first kappa shape index (κ1) is 15.1. The molecule has 0 aromatic heterocycles. The molecular formula is C9H4BrF6I. The van der Waals surface area contributed by atoms with Gasteiger partial charge >= 0.3 is 12.4 Å². The first-order valence-corrected chi connectivity index (χ1v) is 6.30. The molecule has 0 aliphatic heterocycles. The van der Waals surface area contributed by atoms with Gasteiger partial charge in [0.05, 0.1) is 11.1 Å². The summed E-state index contributed by atoms with van der Waals surface area (Å²) in [4.78, 5) is 0. The lowest BCUT2D eigenvalue weighted by Crippen LogP contribution is -2.15. The van der Waals surface area contributed by atoms with E-state index in [1.165, 1.54) is 22.6 Å². The molecule has 8 heteroatoms. The molecule has 1 aromatic rings. The minimum atomic E-state index is -4.66. The van der Waals surface area contributed by atoms with Crippen molar-refractivity contribution < 1.29 is 26.3 Å². The van der Waals surface area contributed by atoms with E-state index in [2.05, 4.69) is 15.9 Å².